The zero-order valence-corrected chi connectivity index (χ0v) is 16.0. The Morgan fingerprint density at radius 2 is 1.74 bits per heavy atom. The molecular weight excluding hydrogens is 340 g/mol. The smallest absolute Gasteiger partial charge is 0.242 e. The van der Waals surface area contributed by atoms with E-state index >= 15 is 0 Å². The third-order valence-corrected chi connectivity index (χ3v) is 5.27. The molecule has 0 saturated carbocycles. The van der Waals surface area contributed by atoms with Gasteiger partial charge in [0.2, 0.25) is 11.8 Å². The molecule has 3 rings (SSSR count). The summed E-state index contributed by atoms with van der Waals surface area (Å²) in [7, 11) is 1.60. The molecule has 1 unspecified atom stereocenters. The second-order valence-corrected chi connectivity index (χ2v) is 7.08. The van der Waals surface area contributed by atoms with Crippen LogP contribution in [0, 0.1) is 11.8 Å². The van der Waals surface area contributed by atoms with Gasteiger partial charge in [-0.2, -0.15) is 0 Å². The molecule has 0 radical (unpaired) electrons. The van der Waals surface area contributed by atoms with E-state index in [0.717, 1.165) is 32.7 Å². The lowest BCUT2D eigenvalue weighted by Gasteiger charge is -2.33. The van der Waals surface area contributed by atoms with Gasteiger partial charge in [0.1, 0.15) is 6.04 Å². The van der Waals surface area contributed by atoms with Crippen LogP contribution in [0.1, 0.15) is 18.4 Å². The van der Waals surface area contributed by atoms with Crippen molar-refractivity contribution in [2.75, 3.05) is 46.3 Å². The third kappa shape index (κ3) is 5.31. The maximum atomic E-state index is 11.9. The summed E-state index contributed by atoms with van der Waals surface area (Å²) in [5.74, 6) is 6.18. The number of hydrogen-bond donors (Lipinski definition) is 1. The van der Waals surface area contributed by atoms with Crippen LogP contribution in [0.4, 0.5) is 0 Å². The lowest BCUT2D eigenvalue weighted by atomic mass is 10.2. The molecule has 1 atom stereocenters. The number of hydrogen-bond acceptors (Lipinski definition) is 4. The van der Waals surface area contributed by atoms with Crippen molar-refractivity contribution in [2.24, 2.45) is 0 Å². The molecule has 144 valence electrons. The van der Waals surface area contributed by atoms with Gasteiger partial charge in [-0.1, -0.05) is 42.2 Å². The van der Waals surface area contributed by atoms with Crippen molar-refractivity contribution in [1.82, 2.24) is 20.0 Å². The number of amides is 2. The summed E-state index contributed by atoms with van der Waals surface area (Å²) in [6, 6.07) is 10.2. The van der Waals surface area contributed by atoms with E-state index in [1.54, 1.807) is 11.9 Å². The van der Waals surface area contributed by atoms with Crippen LogP contribution in [0.2, 0.25) is 0 Å². The summed E-state index contributed by atoms with van der Waals surface area (Å²) in [4.78, 5) is 30.2. The third-order valence-electron chi connectivity index (χ3n) is 5.27. The summed E-state index contributed by atoms with van der Waals surface area (Å²) < 4.78 is 0. The first-order chi connectivity index (χ1) is 13.2. The van der Waals surface area contributed by atoms with Crippen LogP contribution < -0.4 is 5.32 Å². The minimum atomic E-state index is -0.363. The standard InChI is InChI=1S/C21H28N4O2/c1-22-21(27)19-9-10-20(26)25(19)12-6-5-11-23-13-15-24(16-14-23)17-18-7-3-2-4-8-18/h2-4,7-8,19H,9-17H2,1H3,(H,22,27). The molecule has 0 bridgehead atoms. The Morgan fingerprint density at radius 1 is 1.07 bits per heavy atom. The van der Waals surface area contributed by atoms with Gasteiger partial charge in [0, 0.05) is 46.2 Å². The van der Waals surface area contributed by atoms with Crippen LogP contribution in [-0.2, 0) is 16.1 Å². The van der Waals surface area contributed by atoms with Crippen LogP contribution in [0.3, 0.4) is 0 Å². The second-order valence-electron chi connectivity index (χ2n) is 7.08. The minimum absolute atomic E-state index is 0.0208. The number of piperazine rings is 1. The summed E-state index contributed by atoms with van der Waals surface area (Å²) in [6.07, 6.45) is 1.02. The average molecular weight is 368 g/mol. The van der Waals surface area contributed by atoms with E-state index in [-0.39, 0.29) is 17.9 Å². The Labute approximate surface area is 161 Å². The number of nitrogens with zero attached hydrogens (tertiary/aromatic N) is 3. The van der Waals surface area contributed by atoms with Crippen molar-refractivity contribution in [1.29, 1.82) is 0 Å². The normalized spacial score (nSPS) is 21.0. The molecule has 1 aromatic carbocycles. The van der Waals surface area contributed by atoms with Crippen LogP contribution >= 0.6 is 0 Å². The van der Waals surface area contributed by atoms with Gasteiger partial charge in [0.25, 0.3) is 0 Å². The van der Waals surface area contributed by atoms with Crippen LogP contribution in [0.5, 0.6) is 0 Å². The molecular formula is C21H28N4O2. The predicted molar refractivity (Wildman–Crippen MR) is 105 cm³/mol. The van der Waals surface area contributed by atoms with Crippen molar-refractivity contribution in [2.45, 2.75) is 25.4 Å². The van der Waals surface area contributed by atoms with E-state index in [4.69, 9.17) is 0 Å². The number of likely N-dealkylation sites (N-methyl/N-ethyl adjacent to an activating group) is 1. The molecule has 27 heavy (non-hydrogen) atoms. The predicted octanol–water partition coefficient (Wildman–Crippen LogP) is 0.545. The molecule has 6 nitrogen and oxygen atoms in total. The Balaban J connectivity index is 1.40. The molecule has 2 aliphatic heterocycles. The average Bonchev–Trinajstić information content (AvgIpc) is 3.07. The highest BCUT2D eigenvalue weighted by molar-refractivity contribution is 5.90. The number of nitrogens with one attached hydrogen (secondary N) is 1. The highest BCUT2D eigenvalue weighted by atomic mass is 16.2. The molecule has 1 aromatic rings. The fraction of sp³-hybridized carbons (Fsp3) is 0.524. The SMILES string of the molecule is CNC(=O)C1CCC(=O)N1CC#CCN1CCN(Cc2ccccc2)CC1. The maximum Gasteiger partial charge on any atom is 0.242 e. The first-order valence-electron chi connectivity index (χ1n) is 9.63. The zero-order chi connectivity index (χ0) is 19.1. The van der Waals surface area contributed by atoms with E-state index in [9.17, 15) is 9.59 Å². The summed E-state index contributed by atoms with van der Waals surface area (Å²) in [5, 5.41) is 2.63. The second kappa shape index (κ2) is 9.54. The number of benzene rings is 1. The molecule has 2 aliphatic rings. The molecule has 2 saturated heterocycles. The lowest BCUT2D eigenvalue weighted by Crippen LogP contribution is -2.46. The van der Waals surface area contributed by atoms with E-state index < -0.39 is 0 Å². The molecule has 2 fully saturated rings. The first-order valence-corrected chi connectivity index (χ1v) is 9.63. The highest BCUT2D eigenvalue weighted by Crippen LogP contribution is 2.18. The number of likely N-dealkylation sites (tertiary alicyclic amines) is 1. The van der Waals surface area contributed by atoms with Gasteiger partial charge in [-0.05, 0) is 12.0 Å². The molecule has 0 aliphatic carbocycles. The summed E-state index contributed by atoms with van der Waals surface area (Å²) >= 11 is 0. The topological polar surface area (TPSA) is 55.9 Å². The van der Waals surface area contributed by atoms with E-state index in [1.165, 1.54) is 5.56 Å². The van der Waals surface area contributed by atoms with Crippen LogP contribution in [0.25, 0.3) is 0 Å². The van der Waals surface area contributed by atoms with Crippen LogP contribution in [-0.4, -0.2) is 78.9 Å². The van der Waals surface area contributed by atoms with Gasteiger partial charge in [-0.25, -0.2) is 0 Å². The van der Waals surface area contributed by atoms with Crippen molar-refractivity contribution in [3.63, 3.8) is 0 Å². The first kappa shape index (κ1) is 19.4. The van der Waals surface area contributed by atoms with E-state index in [1.807, 2.05) is 6.07 Å². The van der Waals surface area contributed by atoms with Crippen LogP contribution in [0.15, 0.2) is 30.3 Å². The van der Waals surface area contributed by atoms with E-state index in [0.29, 0.717) is 25.9 Å². The summed E-state index contributed by atoms with van der Waals surface area (Å²) in [5.41, 5.74) is 1.35. The maximum absolute atomic E-state index is 11.9. The Morgan fingerprint density at radius 3 is 2.44 bits per heavy atom. The Hall–Kier alpha value is -2.36. The van der Waals surface area contributed by atoms with Crippen molar-refractivity contribution in [3.05, 3.63) is 35.9 Å². The van der Waals surface area contributed by atoms with Gasteiger partial charge in [-0.3, -0.25) is 19.4 Å². The molecule has 2 amide bonds. The van der Waals surface area contributed by atoms with E-state index in [2.05, 4.69) is 51.2 Å². The van der Waals surface area contributed by atoms with Crippen molar-refractivity contribution < 1.29 is 9.59 Å². The fourth-order valence-electron chi connectivity index (χ4n) is 3.63. The molecule has 6 heteroatoms. The molecule has 2 heterocycles. The largest absolute Gasteiger partial charge is 0.357 e. The zero-order valence-electron chi connectivity index (χ0n) is 16.0. The Kier molecular flexibility index (Phi) is 6.86. The number of carbonyl (C=O) groups excluding carboxylic acids is 2. The van der Waals surface area contributed by atoms with Gasteiger partial charge in [0.05, 0.1) is 13.1 Å². The van der Waals surface area contributed by atoms with Crippen molar-refractivity contribution >= 4 is 11.8 Å². The van der Waals surface area contributed by atoms with Gasteiger partial charge >= 0.3 is 0 Å². The monoisotopic (exact) mass is 368 g/mol. The molecule has 0 spiro atoms. The fourth-order valence-corrected chi connectivity index (χ4v) is 3.63. The minimum Gasteiger partial charge on any atom is -0.357 e. The number of carbonyl (C=O) groups is 2. The van der Waals surface area contributed by atoms with Gasteiger partial charge < -0.3 is 10.2 Å². The molecule has 1 N–H and O–H groups in total. The summed E-state index contributed by atoms with van der Waals surface area (Å²) in [6.45, 7) is 6.14. The highest BCUT2D eigenvalue weighted by Gasteiger charge is 2.34. The molecule has 0 aromatic heterocycles. The lowest BCUT2D eigenvalue weighted by molar-refractivity contribution is -0.134. The Bertz CT molecular complexity index is 702. The number of rotatable bonds is 5. The van der Waals surface area contributed by atoms with Gasteiger partial charge in [-0.15, -0.1) is 0 Å². The quantitative estimate of drug-likeness (QED) is 0.771. The van der Waals surface area contributed by atoms with Gasteiger partial charge in [0.15, 0.2) is 0 Å². The van der Waals surface area contributed by atoms with Crippen molar-refractivity contribution in [3.8, 4) is 11.8 Å².